The SMILES string of the molecule is C=C/C=C(\C=C)N1CCN(C(=O)Nc2ccc(OC=C)c(F)c2)C1=O.[HH]. The zero-order valence-corrected chi connectivity index (χ0v) is 13.6. The number of imide groups is 1. The molecule has 1 aliphatic rings. The zero-order valence-electron chi connectivity index (χ0n) is 13.6. The smallest absolute Gasteiger partial charge is 0.332 e. The van der Waals surface area contributed by atoms with Crippen LogP contribution < -0.4 is 10.1 Å². The van der Waals surface area contributed by atoms with Crippen molar-refractivity contribution in [3.05, 3.63) is 73.9 Å². The number of anilines is 1. The molecule has 25 heavy (non-hydrogen) atoms. The molecule has 2 rings (SSSR count). The number of carbonyl (C=O) groups excluding carboxylic acids is 2. The Bertz CT molecular complexity index is 764. The van der Waals surface area contributed by atoms with Crippen LogP contribution in [0.2, 0.25) is 0 Å². The standard InChI is InChI=1S/C18H18FN3O3.H2/c1-4-7-14(5-2)21-10-11-22(18(21)24)17(23)20-13-8-9-16(25-6-3)15(19)12-13;/h4-9,12H,1-3,10-11H2,(H,20,23);1H/b14-7+;. The van der Waals surface area contributed by atoms with Crippen molar-refractivity contribution in [3.63, 3.8) is 0 Å². The summed E-state index contributed by atoms with van der Waals surface area (Å²) in [6.45, 7) is 11.1. The van der Waals surface area contributed by atoms with Crippen molar-refractivity contribution in [1.29, 1.82) is 0 Å². The number of ether oxygens (including phenoxy) is 1. The van der Waals surface area contributed by atoms with E-state index in [1.165, 1.54) is 29.2 Å². The second-order valence-electron chi connectivity index (χ2n) is 4.98. The molecular formula is C18H20FN3O3. The van der Waals surface area contributed by atoms with Crippen LogP contribution in [-0.2, 0) is 0 Å². The summed E-state index contributed by atoms with van der Waals surface area (Å²) in [5.41, 5.74) is 0.753. The van der Waals surface area contributed by atoms with Crippen LogP contribution in [-0.4, -0.2) is 35.0 Å². The van der Waals surface area contributed by atoms with E-state index in [1.54, 1.807) is 6.08 Å². The Morgan fingerprint density at radius 3 is 2.60 bits per heavy atom. The summed E-state index contributed by atoms with van der Waals surface area (Å²) in [5, 5.41) is 2.49. The fourth-order valence-corrected chi connectivity index (χ4v) is 2.31. The van der Waals surface area contributed by atoms with Crippen LogP contribution in [0, 0.1) is 5.82 Å². The van der Waals surface area contributed by atoms with E-state index in [0.717, 1.165) is 17.2 Å². The number of urea groups is 2. The minimum absolute atomic E-state index is 0. The van der Waals surface area contributed by atoms with Gasteiger partial charge >= 0.3 is 12.1 Å². The monoisotopic (exact) mass is 345 g/mol. The topological polar surface area (TPSA) is 61.9 Å². The first-order chi connectivity index (χ1) is 12.0. The first-order valence-corrected chi connectivity index (χ1v) is 7.44. The van der Waals surface area contributed by atoms with Crippen molar-refractivity contribution in [2.24, 2.45) is 0 Å². The van der Waals surface area contributed by atoms with Gasteiger partial charge in [0.25, 0.3) is 0 Å². The molecule has 0 spiro atoms. The molecule has 1 aromatic rings. The summed E-state index contributed by atoms with van der Waals surface area (Å²) in [5.74, 6) is -0.670. The summed E-state index contributed by atoms with van der Waals surface area (Å²) < 4.78 is 18.7. The molecule has 0 radical (unpaired) electrons. The summed E-state index contributed by atoms with van der Waals surface area (Å²) in [6, 6.07) is 2.78. The Hall–Kier alpha value is -3.35. The molecule has 1 aliphatic heterocycles. The average molecular weight is 345 g/mol. The number of halogens is 1. The second kappa shape index (κ2) is 7.96. The van der Waals surface area contributed by atoms with Crippen LogP contribution >= 0.6 is 0 Å². The molecule has 0 unspecified atom stereocenters. The van der Waals surface area contributed by atoms with Crippen molar-refractivity contribution >= 4 is 17.7 Å². The number of amides is 4. The molecule has 1 fully saturated rings. The van der Waals surface area contributed by atoms with E-state index in [1.807, 2.05) is 0 Å². The van der Waals surface area contributed by atoms with E-state index < -0.39 is 17.9 Å². The predicted molar refractivity (Wildman–Crippen MR) is 95.6 cm³/mol. The van der Waals surface area contributed by atoms with Gasteiger partial charge in [0.15, 0.2) is 11.6 Å². The number of rotatable bonds is 6. The number of hydrogen-bond donors (Lipinski definition) is 1. The highest BCUT2D eigenvalue weighted by Gasteiger charge is 2.34. The van der Waals surface area contributed by atoms with Crippen molar-refractivity contribution in [2.45, 2.75) is 0 Å². The highest BCUT2D eigenvalue weighted by Crippen LogP contribution is 2.22. The van der Waals surface area contributed by atoms with Crippen LogP contribution in [0.4, 0.5) is 19.7 Å². The number of carbonyl (C=O) groups is 2. The third-order valence-corrected chi connectivity index (χ3v) is 3.46. The van der Waals surface area contributed by atoms with E-state index in [9.17, 15) is 14.0 Å². The first-order valence-electron chi connectivity index (χ1n) is 7.44. The van der Waals surface area contributed by atoms with Gasteiger partial charge in [-0.3, -0.25) is 4.90 Å². The predicted octanol–water partition coefficient (Wildman–Crippen LogP) is 4.12. The third kappa shape index (κ3) is 3.95. The molecule has 132 valence electrons. The Kier molecular flexibility index (Phi) is 5.73. The normalized spacial score (nSPS) is 14.3. The van der Waals surface area contributed by atoms with Gasteiger partial charge in [-0.1, -0.05) is 25.8 Å². The van der Waals surface area contributed by atoms with Gasteiger partial charge in [-0.05, 0) is 24.3 Å². The van der Waals surface area contributed by atoms with E-state index >= 15 is 0 Å². The molecule has 0 aliphatic carbocycles. The van der Waals surface area contributed by atoms with Gasteiger partial charge < -0.3 is 10.1 Å². The lowest BCUT2D eigenvalue weighted by Gasteiger charge is -2.18. The molecule has 7 heteroatoms. The van der Waals surface area contributed by atoms with Gasteiger partial charge in [0, 0.05) is 25.4 Å². The summed E-state index contributed by atoms with van der Waals surface area (Å²) >= 11 is 0. The lowest BCUT2D eigenvalue weighted by molar-refractivity contribution is 0.197. The Balaban J connectivity index is 0.00000338. The van der Waals surface area contributed by atoms with Gasteiger partial charge in [0.2, 0.25) is 0 Å². The van der Waals surface area contributed by atoms with E-state index in [4.69, 9.17) is 4.74 Å². The van der Waals surface area contributed by atoms with Crippen molar-refractivity contribution in [3.8, 4) is 5.75 Å². The lowest BCUT2D eigenvalue weighted by atomic mass is 10.3. The fraction of sp³-hybridized carbons (Fsp3) is 0.111. The molecule has 6 nitrogen and oxygen atoms in total. The highest BCUT2D eigenvalue weighted by atomic mass is 19.1. The molecule has 0 bridgehead atoms. The second-order valence-corrected chi connectivity index (χ2v) is 4.98. The van der Waals surface area contributed by atoms with Crippen LogP contribution in [0.5, 0.6) is 5.75 Å². The Morgan fingerprint density at radius 1 is 1.28 bits per heavy atom. The van der Waals surface area contributed by atoms with Crippen LogP contribution in [0.3, 0.4) is 0 Å². The van der Waals surface area contributed by atoms with Crippen LogP contribution in [0.25, 0.3) is 0 Å². The van der Waals surface area contributed by atoms with Gasteiger partial charge in [0.05, 0.1) is 12.8 Å². The van der Waals surface area contributed by atoms with Crippen molar-refractivity contribution in [1.82, 2.24) is 9.80 Å². The minimum atomic E-state index is -0.657. The average Bonchev–Trinajstić information content (AvgIpc) is 2.97. The maximum Gasteiger partial charge on any atom is 0.332 e. The summed E-state index contributed by atoms with van der Waals surface area (Å²) in [6.07, 6.45) is 5.76. The molecule has 1 N–H and O–H groups in total. The quantitative estimate of drug-likeness (QED) is 0.623. The molecular weight excluding hydrogens is 325 g/mol. The first kappa shape index (κ1) is 18.0. The molecule has 4 amide bonds. The van der Waals surface area contributed by atoms with Crippen LogP contribution in [0.1, 0.15) is 1.43 Å². The molecule has 1 heterocycles. The summed E-state index contributed by atoms with van der Waals surface area (Å²) in [4.78, 5) is 27.1. The number of nitrogens with zero attached hydrogens (tertiary/aromatic N) is 2. The lowest BCUT2D eigenvalue weighted by Crippen LogP contribution is -2.38. The molecule has 0 saturated carbocycles. The Morgan fingerprint density at radius 2 is 2.00 bits per heavy atom. The maximum atomic E-state index is 13.8. The minimum Gasteiger partial charge on any atom is -0.463 e. The van der Waals surface area contributed by atoms with E-state index in [0.29, 0.717) is 12.2 Å². The van der Waals surface area contributed by atoms with Crippen molar-refractivity contribution < 1.29 is 20.1 Å². The largest absolute Gasteiger partial charge is 0.463 e. The highest BCUT2D eigenvalue weighted by molar-refractivity contribution is 6.02. The zero-order chi connectivity index (χ0) is 18.4. The number of benzene rings is 1. The molecule has 1 saturated heterocycles. The van der Waals surface area contributed by atoms with E-state index in [2.05, 4.69) is 25.1 Å². The van der Waals surface area contributed by atoms with Gasteiger partial charge in [0.1, 0.15) is 0 Å². The molecule has 0 atom stereocenters. The van der Waals surface area contributed by atoms with E-state index in [-0.39, 0.29) is 19.4 Å². The fourth-order valence-electron chi connectivity index (χ4n) is 2.31. The molecule has 0 aromatic heterocycles. The molecule has 1 aromatic carbocycles. The Labute approximate surface area is 146 Å². The third-order valence-electron chi connectivity index (χ3n) is 3.46. The number of hydrogen-bond acceptors (Lipinski definition) is 3. The number of allylic oxidation sites excluding steroid dienone is 3. The maximum absolute atomic E-state index is 13.8. The van der Waals surface area contributed by atoms with Gasteiger partial charge in [-0.2, -0.15) is 0 Å². The van der Waals surface area contributed by atoms with Crippen LogP contribution in [0.15, 0.2) is 68.1 Å². The number of nitrogens with one attached hydrogen (secondary N) is 1. The van der Waals surface area contributed by atoms with Gasteiger partial charge in [-0.25, -0.2) is 18.9 Å². The van der Waals surface area contributed by atoms with Crippen molar-refractivity contribution in [2.75, 3.05) is 18.4 Å². The summed E-state index contributed by atoms with van der Waals surface area (Å²) in [7, 11) is 0. The van der Waals surface area contributed by atoms with Gasteiger partial charge in [-0.15, -0.1) is 0 Å².